The van der Waals surface area contributed by atoms with Crippen LogP contribution in [0, 0.1) is 0 Å². The van der Waals surface area contributed by atoms with Crippen molar-refractivity contribution in [3.63, 3.8) is 0 Å². The number of nitrogens with zero attached hydrogens (tertiary/aromatic N) is 3. The molecule has 144 valence electrons. The lowest BCUT2D eigenvalue weighted by molar-refractivity contribution is 0.174. The molecule has 1 aliphatic heterocycles. The van der Waals surface area contributed by atoms with E-state index in [9.17, 15) is 0 Å². The summed E-state index contributed by atoms with van der Waals surface area (Å²) >= 11 is 0. The molecule has 2 heterocycles. The van der Waals surface area contributed by atoms with Crippen molar-refractivity contribution in [2.45, 2.75) is 13.0 Å². The fourth-order valence-electron chi connectivity index (χ4n) is 2.82. The van der Waals surface area contributed by atoms with E-state index >= 15 is 0 Å². The van der Waals surface area contributed by atoms with Crippen LogP contribution < -0.4 is 24.8 Å². The van der Waals surface area contributed by atoms with Crippen LogP contribution in [0.15, 0.2) is 48.7 Å². The van der Waals surface area contributed by atoms with Crippen LogP contribution in [-0.4, -0.2) is 35.6 Å². The molecule has 28 heavy (non-hydrogen) atoms. The van der Waals surface area contributed by atoms with E-state index in [4.69, 9.17) is 14.2 Å². The monoisotopic (exact) mass is 379 g/mol. The van der Waals surface area contributed by atoms with Gasteiger partial charge in [0.1, 0.15) is 5.75 Å². The number of methoxy groups -OCH3 is 1. The number of fused-ring (bicyclic) bond motifs is 1. The Kier molecular flexibility index (Phi) is 5.37. The molecule has 4 rings (SSSR count). The highest BCUT2D eigenvalue weighted by Gasteiger charge is 2.13. The van der Waals surface area contributed by atoms with Gasteiger partial charge in [-0.15, -0.1) is 5.10 Å². The van der Waals surface area contributed by atoms with Crippen molar-refractivity contribution >= 4 is 11.8 Å². The van der Waals surface area contributed by atoms with Gasteiger partial charge in [0, 0.05) is 13.1 Å². The van der Waals surface area contributed by atoms with Gasteiger partial charge < -0.3 is 24.8 Å². The number of aromatic nitrogens is 3. The fourth-order valence-corrected chi connectivity index (χ4v) is 2.82. The lowest BCUT2D eigenvalue weighted by Crippen LogP contribution is -2.10. The van der Waals surface area contributed by atoms with Crippen LogP contribution in [0.5, 0.6) is 17.2 Å². The molecule has 8 heteroatoms. The Morgan fingerprint density at radius 3 is 2.68 bits per heavy atom. The first-order chi connectivity index (χ1) is 13.8. The fraction of sp³-hybridized carbons (Fsp3) is 0.250. The molecule has 0 bridgehead atoms. The van der Waals surface area contributed by atoms with Crippen molar-refractivity contribution in [1.82, 2.24) is 15.2 Å². The van der Waals surface area contributed by atoms with Gasteiger partial charge in [0.2, 0.25) is 12.7 Å². The number of benzene rings is 2. The highest BCUT2D eigenvalue weighted by Crippen LogP contribution is 2.32. The van der Waals surface area contributed by atoms with E-state index in [1.165, 1.54) is 5.56 Å². The molecule has 2 aromatic carbocycles. The normalized spacial score (nSPS) is 11.9. The minimum atomic E-state index is 0.267. The minimum absolute atomic E-state index is 0.267. The Balaban J connectivity index is 1.28. The van der Waals surface area contributed by atoms with Crippen molar-refractivity contribution in [3.05, 3.63) is 59.8 Å². The van der Waals surface area contributed by atoms with E-state index < -0.39 is 0 Å². The van der Waals surface area contributed by atoms with Crippen molar-refractivity contribution < 1.29 is 14.2 Å². The van der Waals surface area contributed by atoms with Crippen LogP contribution >= 0.6 is 0 Å². The van der Waals surface area contributed by atoms with Crippen molar-refractivity contribution in [3.8, 4) is 17.2 Å². The second kappa shape index (κ2) is 8.43. The molecule has 0 saturated carbocycles. The zero-order chi connectivity index (χ0) is 19.2. The summed E-state index contributed by atoms with van der Waals surface area (Å²) in [5.41, 5.74) is 2.27. The maximum atomic E-state index is 5.39. The van der Waals surface area contributed by atoms with Gasteiger partial charge in [-0.25, -0.2) is 0 Å². The van der Waals surface area contributed by atoms with Crippen LogP contribution in [0.25, 0.3) is 0 Å². The molecule has 1 aromatic heterocycles. The summed E-state index contributed by atoms with van der Waals surface area (Å²) in [6.07, 6.45) is 2.48. The third-order valence-electron chi connectivity index (χ3n) is 4.33. The number of ether oxygens (including phenoxy) is 3. The Labute approximate surface area is 162 Å². The van der Waals surface area contributed by atoms with E-state index in [-0.39, 0.29) is 6.79 Å². The van der Waals surface area contributed by atoms with Gasteiger partial charge in [-0.2, -0.15) is 10.1 Å². The number of hydrogen-bond acceptors (Lipinski definition) is 8. The molecule has 0 aliphatic carbocycles. The summed E-state index contributed by atoms with van der Waals surface area (Å²) in [6, 6.07) is 13.8. The third-order valence-corrected chi connectivity index (χ3v) is 4.33. The van der Waals surface area contributed by atoms with Crippen LogP contribution in [-0.2, 0) is 13.0 Å². The van der Waals surface area contributed by atoms with Crippen LogP contribution in [0.3, 0.4) is 0 Å². The zero-order valence-corrected chi connectivity index (χ0v) is 15.5. The number of anilines is 2. The summed E-state index contributed by atoms with van der Waals surface area (Å²) in [7, 11) is 1.66. The molecule has 0 unspecified atom stereocenters. The summed E-state index contributed by atoms with van der Waals surface area (Å²) in [4.78, 5) is 4.45. The van der Waals surface area contributed by atoms with Gasteiger partial charge in [0.25, 0.3) is 0 Å². The van der Waals surface area contributed by atoms with Gasteiger partial charge in [-0.05, 0) is 41.8 Å². The van der Waals surface area contributed by atoms with E-state index in [2.05, 4.69) is 37.9 Å². The molecule has 1 aliphatic rings. The molecular weight excluding hydrogens is 358 g/mol. The van der Waals surface area contributed by atoms with E-state index in [1.807, 2.05) is 30.3 Å². The summed E-state index contributed by atoms with van der Waals surface area (Å²) < 4.78 is 15.9. The van der Waals surface area contributed by atoms with Crippen molar-refractivity contribution in [2.24, 2.45) is 0 Å². The third kappa shape index (κ3) is 4.40. The quantitative estimate of drug-likeness (QED) is 0.617. The van der Waals surface area contributed by atoms with Crippen LogP contribution in [0.4, 0.5) is 11.8 Å². The standard InChI is InChI=1S/C20H21N5O3/c1-26-16-5-2-14(3-6-16)8-9-21-19-12-23-25-20(24-19)22-11-15-4-7-17-18(10-15)28-13-27-17/h2-7,10,12H,8-9,11,13H2,1H3,(H2,21,22,24,25). The predicted molar refractivity (Wildman–Crippen MR) is 105 cm³/mol. The highest BCUT2D eigenvalue weighted by molar-refractivity contribution is 5.45. The number of hydrogen-bond donors (Lipinski definition) is 2. The Morgan fingerprint density at radius 1 is 1.00 bits per heavy atom. The van der Waals surface area contributed by atoms with Gasteiger partial charge in [0.15, 0.2) is 17.3 Å². The van der Waals surface area contributed by atoms with Crippen molar-refractivity contribution in [2.75, 3.05) is 31.1 Å². The van der Waals surface area contributed by atoms with E-state index in [0.29, 0.717) is 18.3 Å². The van der Waals surface area contributed by atoms with Gasteiger partial charge >= 0.3 is 0 Å². The molecule has 0 radical (unpaired) electrons. The first-order valence-electron chi connectivity index (χ1n) is 8.99. The summed E-state index contributed by atoms with van der Waals surface area (Å²) in [6.45, 7) is 1.57. The first kappa shape index (κ1) is 17.8. The van der Waals surface area contributed by atoms with Gasteiger partial charge in [0.05, 0.1) is 13.3 Å². The first-order valence-corrected chi connectivity index (χ1v) is 8.99. The summed E-state index contributed by atoms with van der Waals surface area (Å²) in [5, 5.41) is 14.5. The molecule has 0 saturated heterocycles. The van der Waals surface area contributed by atoms with E-state index in [0.717, 1.165) is 35.8 Å². The Hall–Kier alpha value is -3.55. The topological polar surface area (TPSA) is 90.4 Å². The Bertz CT molecular complexity index is 933. The number of rotatable bonds is 8. The molecule has 0 amide bonds. The lowest BCUT2D eigenvalue weighted by atomic mass is 10.1. The van der Waals surface area contributed by atoms with Crippen molar-refractivity contribution in [1.29, 1.82) is 0 Å². The van der Waals surface area contributed by atoms with Crippen LogP contribution in [0.2, 0.25) is 0 Å². The smallest absolute Gasteiger partial charge is 0.244 e. The molecule has 0 atom stereocenters. The molecule has 0 fully saturated rings. The molecule has 0 spiro atoms. The van der Waals surface area contributed by atoms with E-state index in [1.54, 1.807) is 13.3 Å². The second-order valence-corrected chi connectivity index (χ2v) is 6.23. The Morgan fingerprint density at radius 2 is 1.82 bits per heavy atom. The average molecular weight is 379 g/mol. The largest absolute Gasteiger partial charge is 0.497 e. The average Bonchev–Trinajstić information content (AvgIpc) is 3.21. The maximum Gasteiger partial charge on any atom is 0.244 e. The number of nitrogens with one attached hydrogen (secondary N) is 2. The van der Waals surface area contributed by atoms with Gasteiger partial charge in [-0.1, -0.05) is 18.2 Å². The highest BCUT2D eigenvalue weighted by atomic mass is 16.7. The van der Waals surface area contributed by atoms with Crippen LogP contribution in [0.1, 0.15) is 11.1 Å². The minimum Gasteiger partial charge on any atom is -0.497 e. The molecular formula is C20H21N5O3. The lowest BCUT2D eigenvalue weighted by Gasteiger charge is -2.08. The SMILES string of the molecule is COc1ccc(CCNc2cnnc(NCc3ccc4c(c3)OCO4)n2)cc1. The zero-order valence-electron chi connectivity index (χ0n) is 15.5. The molecule has 2 N–H and O–H groups in total. The maximum absolute atomic E-state index is 5.39. The molecule has 3 aromatic rings. The predicted octanol–water partition coefficient (Wildman–Crippen LogP) is 2.88. The summed E-state index contributed by atoms with van der Waals surface area (Å²) in [5.74, 6) is 3.52. The second-order valence-electron chi connectivity index (χ2n) is 6.23. The molecule has 8 nitrogen and oxygen atoms in total. The van der Waals surface area contributed by atoms with Gasteiger partial charge in [-0.3, -0.25) is 0 Å².